The van der Waals surface area contributed by atoms with Gasteiger partial charge in [0.15, 0.2) is 0 Å². The van der Waals surface area contributed by atoms with E-state index in [4.69, 9.17) is 4.98 Å². The highest BCUT2D eigenvalue weighted by Crippen LogP contribution is 2.34. The Labute approximate surface area is 174 Å². The van der Waals surface area contributed by atoms with Gasteiger partial charge < -0.3 is 4.90 Å². The summed E-state index contributed by atoms with van der Waals surface area (Å²) in [6.45, 7) is 1.91. The van der Waals surface area contributed by atoms with Crippen LogP contribution in [0.2, 0.25) is 0 Å². The van der Waals surface area contributed by atoms with Crippen LogP contribution in [-0.2, 0) is 12.6 Å². The zero-order chi connectivity index (χ0) is 20.7. The van der Waals surface area contributed by atoms with E-state index in [1.807, 2.05) is 47.0 Å². The minimum Gasteiger partial charge on any atom is -0.306 e. The summed E-state index contributed by atoms with van der Waals surface area (Å²) in [6.07, 6.45) is 13.5. The van der Waals surface area contributed by atoms with Gasteiger partial charge in [-0.1, -0.05) is 0 Å². The molecule has 0 amide bonds. The third kappa shape index (κ3) is 3.06. The molecule has 4 aromatic rings. The van der Waals surface area contributed by atoms with Crippen molar-refractivity contribution >= 4 is 5.65 Å². The second-order valence-corrected chi connectivity index (χ2v) is 8.06. The van der Waals surface area contributed by atoms with Crippen molar-refractivity contribution < 1.29 is 0 Å². The Bertz CT molecular complexity index is 1230. The Balaban J connectivity index is 1.59. The molecule has 0 saturated carbocycles. The zero-order valence-electron chi connectivity index (χ0n) is 17.1. The third-order valence-electron chi connectivity index (χ3n) is 6.04. The third-order valence-corrected chi connectivity index (χ3v) is 6.04. The van der Waals surface area contributed by atoms with Gasteiger partial charge in [0.2, 0.25) is 0 Å². The van der Waals surface area contributed by atoms with Crippen molar-refractivity contribution in [1.82, 2.24) is 38.8 Å². The summed E-state index contributed by atoms with van der Waals surface area (Å²) in [6, 6.07) is 4.34. The Morgan fingerprint density at radius 1 is 1.10 bits per heavy atom. The van der Waals surface area contributed by atoms with Crippen molar-refractivity contribution in [1.29, 1.82) is 5.26 Å². The van der Waals surface area contributed by atoms with Gasteiger partial charge in [0.05, 0.1) is 41.7 Å². The molecule has 152 valence electrons. The molecule has 0 N–H and O–H groups in total. The SMILES string of the molecule is CN1CCC(CC#N)(n2cc(-c3nc(-c4cnn(C)c4)cc4nccn34)cn2)CC1. The van der Waals surface area contributed by atoms with Gasteiger partial charge in [-0.2, -0.15) is 15.5 Å². The van der Waals surface area contributed by atoms with Crippen LogP contribution in [0.5, 0.6) is 0 Å². The quantitative estimate of drug-likeness (QED) is 0.521. The molecule has 1 aliphatic rings. The van der Waals surface area contributed by atoms with Crippen molar-refractivity contribution in [2.24, 2.45) is 7.05 Å². The lowest BCUT2D eigenvalue weighted by molar-refractivity contribution is 0.119. The number of nitriles is 1. The predicted molar refractivity (Wildman–Crippen MR) is 111 cm³/mol. The van der Waals surface area contributed by atoms with E-state index in [9.17, 15) is 5.26 Å². The van der Waals surface area contributed by atoms with E-state index in [2.05, 4.69) is 33.2 Å². The predicted octanol–water partition coefficient (Wildman–Crippen LogP) is 2.33. The lowest BCUT2D eigenvalue weighted by Crippen LogP contribution is -2.45. The summed E-state index contributed by atoms with van der Waals surface area (Å²) in [5.41, 5.74) is 3.20. The average molecular weight is 401 g/mol. The summed E-state index contributed by atoms with van der Waals surface area (Å²) < 4.78 is 5.71. The van der Waals surface area contributed by atoms with Gasteiger partial charge in [0, 0.05) is 56.6 Å². The van der Waals surface area contributed by atoms with E-state index in [0.717, 1.165) is 54.2 Å². The molecule has 0 radical (unpaired) electrons. The fourth-order valence-electron chi connectivity index (χ4n) is 4.19. The highest BCUT2D eigenvalue weighted by molar-refractivity contribution is 5.68. The molecular formula is C21H23N9. The van der Waals surface area contributed by atoms with E-state index in [-0.39, 0.29) is 5.54 Å². The van der Waals surface area contributed by atoms with Crippen LogP contribution in [0.4, 0.5) is 0 Å². The average Bonchev–Trinajstić information content (AvgIpc) is 3.49. The highest BCUT2D eigenvalue weighted by Gasteiger charge is 2.36. The lowest BCUT2D eigenvalue weighted by Gasteiger charge is -2.39. The molecule has 0 bridgehead atoms. The topological polar surface area (TPSA) is 92.9 Å². The molecule has 0 aliphatic carbocycles. The number of rotatable bonds is 4. The van der Waals surface area contributed by atoms with E-state index >= 15 is 0 Å². The number of aromatic nitrogens is 7. The first-order chi connectivity index (χ1) is 14.6. The summed E-state index contributed by atoms with van der Waals surface area (Å²) in [5.74, 6) is 0.773. The van der Waals surface area contributed by atoms with Crippen LogP contribution in [0.1, 0.15) is 19.3 Å². The van der Waals surface area contributed by atoms with Crippen LogP contribution in [0.25, 0.3) is 28.3 Å². The molecular weight excluding hydrogens is 378 g/mol. The molecule has 1 saturated heterocycles. The van der Waals surface area contributed by atoms with Crippen LogP contribution >= 0.6 is 0 Å². The number of hydrogen-bond donors (Lipinski definition) is 0. The standard InChI is InChI=1S/C21H23N9/c1-27-8-4-21(3-6-22,5-9-27)30-15-17(13-25-30)20-26-18(16-12-24-28(2)14-16)11-19-23-7-10-29(19)20/h7,10-15H,3-5,8-9H2,1-2H3. The Morgan fingerprint density at radius 2 is 1.90 bits per heavy atom. The lowest BCUT2D eigenvalue weighted by atomic mass is 9.85. The summed E-state index contributed by atoms with van der Waals surface area (Å²) >= 11 is 0. The van der Waals surface area contributed by atoms with Gasteiger partial charge >= 0.3 is 0 Å². The van der Waals surface area contributed by atoms with Gasteiger partial charge in [-0.05, 0) is 19.9 Å². The normalized spacial score (nSPS) is 16.7. The van der Waals surface area contributed by atoms with Crippen LogP contribution in [0.15, 0.2) is 43.2 Å². The fourth-order valence-corrected chi connectivity index (χ4v) is 4.19. The highest BCUT2D eigenvalue weighted by atomic mass is 15.3. The van der Waals surface area contributed by atoms with Crippen molar-refractivity contribution in [3.8, 4) is 28.7 Å². The van der Waals surface area contributed by atoms with Crippen molar-refractivity contribution in [2.75, 3.05) is 20.1 Å². The monoisotopic (exact) mass is 401 g/mol. The summed E-state index contributed by atoms with van der Waals surface area (Å²) in [4.78, 5) is 11.7. The van der Waals surface area contributed by atoms with Crippen LogP contribution in [-0.4, -0.2) is 59.0 Å². The Morgan fingerprint density at radius 3 is 2.63 bits per heavy atom. The first-order valence-electron chi connectivity index (χ1n) is 10.0. The molecule has 0 unspecified atom stereocenters. The second kappa shape index (κ2) is 7.07. The molecule has 4 aromatic heterocycles. The molecule has 1 fully saturated rings. The molecule has 0 atom stereocenters. The summed E-state index contributed by atoms with van der Waals surface area (Å²) in [5, 5.41) is 18.4. The van der Waals surface area contributed by atoms with E-state index < -0.39 is 0 Å². The minimum atomic E-state index is -0.269. The van der Waals surface area contributed by atoms with Crippen molar-refractivity contribution in [2.45, 2.75) is 24.8 Å². The first kappa shape index (κ1) is 18.5. The van der Waals surface area contributed by atoms with E-state index in [0.29, 0.717) is 6.42 Å². The number of aryl methyl sites for hydroxylation is 1. The second-order valence-electron chi connectivity index (χ2n) is 8.06. The number of likely N-dealkylation sites (tertiary alicyclic amines) is 1. The molecule has 9 nitrogen and oxygen atoms in total. The van der Waals surface area contributed by atoms with Gasteiger partial charge in [0.25, 0.3) is 0 Å². The van der Waals surface area contributed by atoms with Crippen LogP contribution in [0, 0.1) is 11.3 Å². The van der Waals surface area contributed by atoms with Gasteiger partial charge in [-0.15, -0.1) is 0 Å². The zero-order valence-corrected chi connectivity index (χ0v) is 17.1. The van der Waals surface area contributed by atoms with Gasteiger partial charge in [-0.25, -0.2) is 9.97 Å². The van der Waals surface area contributed by atoms with E-state index in [1.165, 1.54) is 0 Å². The maximum absolute atomic E-state index is 9.48. The Hall–Kier alpha value is -3.51. The van der Waals surface area contributed by atoms with Crippen molar-refractivity contribution in [3.63, 3.8) is 0 Å². The smallest absolute Gasteiger partial charge is 0.149 e. The first-order valence-corrected chi connectivity index (χ1v) is 10.0. The van der Waals surface area contributed by atoms with Gasteiger partial charge in [-0.3, -0.25) is 13.8 Å². The minimum absolute atomic E-state index is 0.269. The van der Waals surface area contributed by atoms with Crippen LogP contribution in [0.3, 0.4) is 0 Å². The number of nitrogens with zero attached hydrogens (tertiary/aromatic N) is 9. The van der Waals surface area contributed by atoms with E-state index in [1.54, 1.807) is 17.1 Å². The van der Waals surface area contributed by atoms with Crippen LogP contribution < -0.4 is 0 Å². The van der Waals surface area contributed by atoms with Crippen molar-refractivity contribution in [3.05, 3.63) is 43.2 Å². The molecule has 0 spiro atoms. The molecule has 30 heavy (non-hydrogen) atoms. The molecule has 5 rings (SSSR count). The largest absolute Gasteiger partial charge is 0.306 e. The molecule has 0 aromatic carbocycles. The molecule has 5 heterocycles. The maximum Gasteiger partial charge on any atom is 0.149 e. The number of hydrogen-bond acceptors (Lipinski definition) is 6. The molecule has 1 aliphatic heterocycles. The number of piperidine rings is 1. The summed E-state index contributed by atoms with van der Waals surface area (Å²) in [7, 11) is 4.01. The molecule has 9 heteroatoms. The maximum atomic E-state index is 9.48. The number of fused-ring (bicyclic) bond motifs is 1. The van der Waals surface area contributed by atoms with Gasteiger partial charge in [0.1, 0.15) is 11.5 Å². The Kier molecular flexibility index (Phi) is 4.37. The number of imidazole rings is 1. The fraction of sp³-hybridized carbons (Fsp3) is 0.381.